The van der Waals surface area contributed by atoms with Crippen LogP contribution >= 0.6 is 11.3 Å². The Balaban J connectivity index is 1.73. The quantitative estimate of drug-likeness (QED) is 0.446. The minimum absolute atomic E-state index is 0.480. The first-order chi connectivity index (χ1) is 15.7. The molecular weight excluding hydrogens is 422 g/mol. The van der Waals surface area contributed by atoms with E-state index >= 15 is 0 Å². The van der Waals surface area contributed by atoms with E-state index in [1.54, 1.807) is 38.9 Å². The third kappa shape index (κ3) is 3.08. The maximum atomic E-state index is 5.89. The van der Waals surface area contributed by atoms with Crippen LogP contribution in [0.25, 0.3) is 16.8 Å². The van der Waals surface area contributed by atoms with E-state index in [2.05, 4.69) is 57.7 Å². The summed E-state index contributed by atoms with van der Waals surface area (Å²) in [6, 6.07) is 14.4. The molecule has 0 bridgehead atoms. The normalized spacial score (nSPS) is 17.1. The number of aromatic amines is 1. The molecule has 32 heavy (non-hydrogen) atoms. The second-order valence-corrected chi connectivity index (χ2v) is 8.43. The van der Waals surface area contributed by atoms with Crippen LogP contribution in [0.15, 0.2) is 60.1 Å². The maximum Gasteiger partial charge on any atom is 0.203 e. The molecular formula is C25H23N3O3S. The Morgan fingerprint density at radius 2 is 1.78 bits per heavy atom. The van der Waals surface area contributed by atoms with Gasteiger partial charge in [-0.2, -0.15) is 5.10 Å². The van der Waals surface area contributed by atoms with Crippen molar-refractivity contribution in [2.24, 2.45) is 0 Å². The zero-order valence-electron chi connectivity index (χ0n) is 18.1. The van der Waals surface area contributed by atoms with E-state index in [0.29, 0.717) is 23.7 Å². The Kier molecular flexibility index (Phi) is 5.19. The second kappa shape index (κ2) is 8.16. The summed E-state index contributed by atoms with van der Waals surface area (Å²) < 4.78 is 17.1. The maximum absolute atomic E-state index is 5.89. The lowest BCUT2D eigenvalue weighted by Crippen LogP contribution is -2.31. The van der Waals surface area contributed by atoms with Crippen molar-refractivity contribution in [2.75, 3.05) is 21.3 Å². The van der Waals surface area contributed by atoms with Crippen molar-refractivity contribution in [2.45, 2.75) is 11.8 Å². The van der Waals surface area contributed by atoms with E-state index in [1.807, 2.05) is 17.5 Å². The Morgan fingerprint density at radius 3 is 2.47 bits per heavy atom. The van der Waals surface area contributed by atoms with Crippen molar-refractivity contribution in [1.82, 2.24) is 15.2 Å². The van der Waals surface area contributed by atoms with Crippen molar-refractivity contribution in [3.05, 3.63) is 82.5 Å². The second-order valence-electron chi connectivity index (χ2n) is 7.53. The molecule has 2 aromatic carbocycles. The predicted molar refractivity (Wildman–Crippen MR) is 126 cm³/mol. The first-order valence-corrected chi connectivity index (χ1v) is 11.1. The van der Waals surface area contributed by atoms with Gasteiger partial charge in [0.25, 0.3) is 0 Å². The zero-order valence-corrected chi connectivity index (χ0v) is 18.9. The molecule has 1 atom stereocenters. The molecule has 5 rings (SSSR count). The van der Waals surface area contributed by atoms with Crippen LogP contribution in [-0.4, -0.2) is 36.5 Å². The van der Waals surface area contributed by atoms with Gasteiger partial charge in [0.2, 0.25) is 5.75 Å². The number of thiazole rings is 1. The highest BCUT2D eigenvalue weighted by molar-refractivity contribution is 7.13. The molecule has 0 spiro atoms. The van der Waals surface area contributed by atoms with Gasteiger partial charge >= 0.3 is 0 Å². The van der Waals surface area contributed by atoms with Crippen LogP contribution in [0, 0.1) is 0 Å². The molecule has 0 saturated heterocycles. The number of nitrogens with one attached hydrogen (secondary N) is 1. The standard InChI is InChI=1S/C25H23N3O3S/c1-29-20-10-9-18(22(30-2)23(20)31-3)25(16-7-5-4-6-8-16)12-11-17-19(15-25)27-28-21(17)24-26-13-14-32-24/h4-14H,15H2,1-3H3,(H,27,28). The van der Waals surface area contributed by atoms with Crippen molar-refractivity contribution in [1.29, 1.82) is 0 Å². The molecule has 2 heterocycles. The number of methoxy groups -OCH3 is 3. The first-order valence-electron chi connectivity index (χ1n) is 10.2. The van der Waals surface area contributed by atoms with Crippen LogP contribution < -0.4 is 14.2 Å². The monoisotopic (exact) mass is 445 g/mol. The van der Waals surface area contributed by atoms with E-state index in [9.17, 15) is 0 Å². The van der Waals surface area contributed by atoms with Gasteiger partial charge < -0.3 is 14.2 Å². The van der Waals surface area contributed by atoms with Gasteiger partial charge in [0.05, 0.1) is 21.3 Å². The summed E-state index contributed by atoms with van der Waals surface area (Å²) in [7, 11) is 4.92. The van der Waals surface area contributed by atoms with E-state index in [0.717, 1.165) is 33.1 Å². The lowest BCUT2D eigenvalue weighted by Gasteiger charge is -2.36. The minimum atomic E-state index is -0.480. The number of benzene rings is 2. The molecule has 162 valence electrons. The zero-order chi connectivity index (χ0) is 22.1. The highest BCUT2D eigenvalue weighted by atomic mass is 32.1. The molecule has 1 unspecified atom stereocenters. The predicted octanol–water partition coefficient (Wildman–Crippen LogP) is 5.11. The fraction of sp³-hybridized carbons (Fsp3) is 0.200. The van der Waals surface area contributed by atoms with Crippen LogP contribution in [-0.2, 0) is 11.8 Å². The number of hydrogen-bond donors (Lipinski definition) is 1. The number of allylic oxidation sites excluding steroid dienone is 1. The number of nitrogens with zero attached hydrogens (tertiary/aromatic N) is 2. The Hall–Kier alpha value is -3.58. The molecule has 0 radical (unpaired) electrons. The molecule has 1 N–H and O–H groups in total. The van der Waals surface area contributed by atoms with Gasteiger partial charge in [0.1, 0.15) is 10.7 Å². The number of H-pyrrole nitrogens is 1. The molecule has 0 aliphatic heterocycles. The van der Waals surface area contributed by atoms with E-state index in [-0.39, 0.29) is 0 Å². The fourth-order valence-corrected chi connectivity index (χ4v) is 5.13. The SMILES string of the molecule is COc1ccc(C2(c3ccccc3)C=Cc3c(-c4nccs4)n[nH]c3C2)c(OC)c1OC. The molecule has 1 aliphatic carbocycles. The van der Waals surface area contributed by atoms with Gasteiger partial charge in [-0.1, -0.05) is 48.6 Å². The summed E-state index contributed by atoms with van der Waals surface area (Å²) in [4.78, 5) is 4.44. The minimum Gasteiger partial charge on any atom is -0.493 e. The van der Waals surface area contributed by atoms with Crippen molar-refractivity contribution in [3.8, 4) is 28.0 Å². The van der Waals surface area contributed by atoms with Gasteiger partial charge in [0.15, 0.2) is 11.5 Å². The molecule has 4 aromatic rings. The molecule has 0 fully saturated rings. The summed E-state index contributed by atoms with van der Waals surface area (Å²) >= 11 is 1.58. The van der Waals surface area contributed by atoms with E-state index < -0.39 is 5.41 Å². The van der Waals surface area contributed by atoms with E-state index in [1.165, 1.54) is 0 Å². The Morgan fingerprint density at radius 1 is 0.969 bits per heavy atom. The molecule has 2 aromatic heterocycles. The highest BCUT2D eigenvalue weighted by Crippen LogP contribution is 2.50. The van der Waals surface area contributed by atoms with Gasteiger partial charge in [0, 0.05) is 40.2 Å². The number of aromatic nitrogens is 3. The molecule has 0 saturated carbocycles. The largest absolute Gasteiger partial charge is 0.493 e. The summed E-state index contributed by atoms with van der Waals surface area (Å²) in [6.45, 7) is 0. The molecule has 0 amide bonds. The third-order valence-electron chi connectivity index (χ3n) is 5.98. The van der Waals surface area contributed by atoms with Crippen molar-refractivity contribution in [3.63, 3.8) is 0 Å². The average Bonchev–Trinajstić information content (AvgIpc) is 3.52. The van der Waals surface area contributed by atoms with Crippen LogP contribution in [0.4, 0.5) is 0 Å². The smallest absolute Gasteiger partial charge is 0.203 e. The van der Waals surface area contributed by atoms with Crippen molar-refractivity contribution < 1.29 is 14.2 Å². The average molecular weight is 446 g/mol. The van der Waals surface area contributed by atoms with Crippen LogP contribution in [0.2, 0.25) is 0 Å². The summed E-state index contributed by atoms with van der Waals surface area (Å²) in [6.07, 6.45) is 6.87. The highest BCUT2D eigenvalue weighted by Gasteiger charge is 2.40. The van der Waals surface area contributed by atoms with Crippen LogP contribution in [0.1, 0.15) is 22.4 Å². The first kappa shape index (κ1) is 20.3. The summed E-state index contributed by atoms with van der Waals surface area (Å²) in [5.41, 5.74) is 4.68. The Labute approximate surface area is 190 Å². The van der Waals surface area contributed by atoms with Gasteiger partial charge in [-0.25, -0.2) is 4.98 Å². The number of fused-ring (bicyclic) bond motifs is 1. The number of ether oxygens (including phenoxy) is 3. The van der Waals surface area contributed by atoms with Gasteiger partial charge in [-0.3, -0.25) is 5.10 Å². The summed E-state index contributed by atoms with van der Waals surface area (Å²) in [5, 5.41) is 10.7. The van der Waals surface area contributed by atoms with Gasteiger partial charge in [-0.05, 0) is 11.6 Å². The Bertz CT molecular complexity index is 1270. The van der Waals surface area contributed by atoms with Crippen LogP contribution in [0.3, 0.4) is 0 Å². The number of hydrogen-bond acceptors (Lipinski definition) is 6. The topological polar surface area (TPSA) is 69.3 Å². The lowest BCUT2D eigenvalue weighted by atomic mass is 9.68. The van der Waals surface area contributed by atoms with Crippen molar-refractivity contribution >= 4 is 17.4 Å². The molecule has 6 nitrogen and oxygen atoms in total. The number of rotatable bonds is 6. The summed E-state index contributed by atoms with van der Waals surface area (Å²) in [5.74, 6) is 1.86. The molecule has 1 aliphatic rings. The van der Waals surface area contributed by atoms with E-state index in [4.69, 9.17) is 14.2 Å². The third-order valence-corrected chi connectivity index (χ3v) is 6.76. The van der Waals surface area contributed by atoms with Gasteiger partial charge in [-0.15, -0.1) is 11.3 Å². The lowest BCUT2D eigenvalue weighted by molar-refractivity contribution is 0.319. The fourth-order valence-electron chi connectivity index (χ4n) is 4.49. The van der Waals surface area contributed by atoms with Crippen LogP contribution in [0.5, 0.6) is 17.2 Å². The molecule has 7 heteroatoms.